The average molecular weight is 350 g/mol. The Morgan fingerprint density at radius 2 is 1.82 bits per heavy atom. The molecule has 1 amide bonds. The molecule has 0 fully saturated rings. The van der Waals surface area contributed by atoms with Gasteiger partial charge in [-0.05, 0) is 57.1 Å². The van der Waals surface area contributed by atoms with Gasteiger partial charge >= 0.3 is 0 Å². The highest BCUT2D eigenvalue weighted by molar-refractivity contribution is 5.96. The normalized spacial score (nSPS) is 9.82. The highest BCUT2D eigenvalue weighted by Crippen LogP contribution is 2.12. The highest BCUT2D eigenvalue weighted by Gasteiger charge is 2.08. The van der Waals surface area contributed by atoms with Gasteiger partial charge in [-0.2, -0.15) is 0 Å². The molecule has 3 N–H and O–H groups in total. The van der Waals surface area contributed by atoms with E-state index >= 15 is 0 Å². The minimum Gasteiger partial charge on any atom is -0.399 e. The SMILES string of the molecule is CCN(CC)CCCCNC(=O)c1cc(N)ccc1C.Cl.Cl. The van der Waals surface area contributed by atoms with E-state index in [0.29, 0.717) is 17.8 Å². The fourth-order valence-corrected chi connectivity index (χ4v) is 2.18. The standard InChI is InChI=1S/C16H27N3O.2ClH/c1-4-19(5-2)11-7-6-10-18-16(20)15-12-14(17)9-8-13(15)3;;/h8-9,12H,4-7,10-11,17H2,1-3H3,(H,18,20);2*1H. The van der Waals surface area contributed by atoms with Crippen LogP contribution in [0.3, 0.4) is 0 Å². The molecule has 0 aromatic heterocycles. The molecule has 0 aliphatic heterocycles. The number of carbonyl (C=O) groups excluding carboxylic acids is 1. The summed E-state index contributed by atoms with van der Waals surface area (Å²) in [6, 6.07) is 5.43. The molecule has 0 aliphatic rings. The molecule has 6 heteroatoms. The largest absolute Gasteiger partial charge is 0.399 e. The summed E-state index contributed by atoms with van der Waals surface area (Å²) in [5, 5.41) is 2.96. The van der Waals surface area contributed by atoms with E-state index in [2.05, 4.69) is 24.1 Å². The molecule has 1 aromatic rings. The smallest absolute Gasteiger partial charge is 0.251 e. The van der Waals surface area contributed by atoms with Crippen LogP contribution >= 0.6 is 24.8 Å². The van der Waals surface area contributed by atoms with Crippen molar-refractivity contribution in [2.24, 2.45) is 0 Å². The summed E-state index contributed by atoms with van der Waals surface area (Å²) in [6.45, 7) is 10.3. The molecule has 1 rings (SSSR count). The molecule has 0 saturated carbocycles. The van der Waals surface area contributed by atoms with Crippen LogP contribution in [0, 0.1) is 6.92 Å². The summed E-state index contributed by atoms with van der Waals surface area (Å²) in [4.78, 5) is 14.4. The van der Waals surface area contributed by atoms with Gasteiger partial charge in [-0.1, -0.05) is 19.9 Å². The van der Waals surface area contributed by atoms with E-state index in [0.717, 1.165) is 38.0 Å². The van der Waals surface area contributed by atoms with Crippen LogP contribution in [-0.4, -0.2) is 37.0 Å². The lowest BCUT2D eigenvalue weighted by molar-refractivity contribution is 0.0952. The maximum absolute atomic E-state index is 12.1. The van der Waals surface area contributed by atoms with Crippen molar-refractivity contribution in [3.05, 3.63) is 29.3 Å². The van der Waals surface area contributed by atoms with Crippen LogP contribution < -0.4 is 11.1 Å². The number of hydrogen-bond acceptors (Lipinski definition) is 3. The quantitative estimate of drug-likeness (QED) is 0.559. The van der Waals surface area contributed by atoms with Crippen molar-refractivity contribution in [3.63, 3.8) is 0 Å². The van der Waals surface area contributed by atoms with Crippen molar-refractivity contribution < 1.29 is 4.79 Å². The third-order valence-electron chi connectivity index (χ3n) is 3.59. The van der Waals surface area contributed by atoms with Crippen molar-refractivity contribution in [1.82, 2.24) is 10.2 Å². The molecule has 0 spiro atoms. The van der Waals surface area contributed by atoms with E-state index in [1.165, 1.54) is 0 Å². The van der Waals surface area contributed by atoms with Gasteiger partial charge in [0.2, 0.25) is 0 Å². The maximum Gasteiger partial charge on any atom is 0.251 e. The Labute approximate surface area is 146 Å². The van der Waals surface area contributed by atoms with E-state index in [1.807, 2.05) is 19.1 Å². The fourth-order valence-electron chi connectivity index (χ4n) is 2.18. The molecular formula is C16H29Cl2N3O. The third kappa shape index (κ3) is 7.87. The van der Waals surface area contributed by atoms with Crippen LogP contribution in [0.4, 0.5) is 5.69 Å². The Balaban J connectivity index is 0. The molecule has 0 saturated heterocycles. The van der Waals surface area contributed by atoms with E-state index in [1.54, 1.807) is 6.07 Å². The summed E-state index contributed by atoms with van der Waals surface area (Å²) in [7, 11) is 0. The molecule has 22 heavy (non-hydrogen) atoms. The van der Waals surface area contributed by atoms with Crippen LogP contribution in [-0.2, 0) is 0 Å². The highest BCUT2D eigenvalue weighted by atomic mass is 35.5. The first-order valence-electron chi connectivity index (χ1n) is 7.45. The van der Waals surface area contributed by atoms with Crippen molar-refractivity contribution in [2.75, 3.05) is 31.9 Å². The van der Waals surface area contributed by atoms with Gasteiger partial charge in [0.1, 0.15) is 0 Å². The van der Waals surface area contributed by atoms with Gasteiger partial charge in [-0.3, -0.25) is 4.79 Å². The van der Waals surface area contributed by atoms with Crippen LogP contribution in [0.5, 0.6) is 0 Å². The van der Waals surface area contributed by atoms with Gasteiger partial charge in [-0.15, -0.1) is 24.8 Å². The van der Waals surface area contributed by atoms with Gasteiger partial charge in [0.15, 0.2) is 0 Å². The number of nitrogens with one attached hydrogen (secondary N) is 1. The van der Waals surface area contributed by atoms with Crippen LogP contribution in [0.2, 0.25) is 0 Å². The van der Waals surface area contributed by atoms with Crippen molar-refractivity contribution >= 4 is 36.4 Å². The maximum atomic E-state index is 12.1. The van der Waals surface area contributed by atoms with Gasteiger partial charge in [-0.25, -0.2) is 0 Å². The second-order valence-corrected chi connectivity index (χ2v) is 5.06. The lowest BCUT2D eigenvalue weighted by Gasteiger charge is -2.17. The van der Waals surface area contributed by atoms with E-state index < -0.39 is 0 Å². The lowest BCUT2D eigenvalue weighted by atomic mass is 10.1. The number of aryl methyl sites for hydroxylation is 1. The first-order chi connectivity index (χ1) is 9.58. The molecule has 128 valence electrons. The molecule has 4 nitrogen and oxygen atoms in total. The zero-order valence-electron chi connectivity index (χ0n) is 13.7. The zero-order valence-corrected chi connectivity index (χ0v) is 15.4. The van der Waals surface area contributed by atoms with Gasteiger partial charge in [0, 0.05) is 17.8 Å². The van der Waals surface area contributed by atoms with Gasteiger partial charge in [0.05, 0.1) is 0 Å². The molecule has 1 aromatic carbocycles. The van der Waals surface area contributed by atoms with Crippen LogP contribution in [0.1, 0.15) is 42.6 Å². The minimum atomic E-state index is -0.0300. The molecule has 0 unspecified atom stereocenters. The average Bonchev–Trinajstić information content (AvgIpc) is 2.45. The predicted octanol–water partition coefficient (Wildman–Crippen LogP) is 3.27. The third-order valence-corrected chi connectivity index (χ3v) is 3.59. The summed E-state index contributed by atoms with van der Waals surface area (Å²) >= 11 is 0. The molecule has 0 atom stereocenters. The number of carbonyl (C=O) groups is 1. The topological polar surface area (TPSA) is 58.4 Å². The second-order valence-electron chi connectivity index (χ2n) is 5.06. The van der Waals surface area contributed by atoms with Crippen LogP contribution in [0.15, 0.2) is 18.2 Å². The molecular weight excluding hydrogens is 321 g/mol. The summed E-state index contributed by atoms with van der Waals surface area (Å²) in [6.07, 6.45) is 2.11. The number of nitrogen functional groups attached to an aromatic ring is 1. The zero-order chi connectivity index (χ0) is 15.0. The lowest BCUT2D eigenvalue weighted by Crippen LogP contribution is -2.27. The van der Waals surface area contributed by atoms with Crippen molar-refractivity contribution in [3.8, 4) is 0 Å². The molecule has 0 radical (unpaired) electrons. The monoisotopic (exact) mass is 349 g/mol. The second kappa shape index (κ2) is 12.6. The van der Waals surface area contributed by atoms with Gasteiger partial charge < -0.3 is 16.0 Å². The van der Waals surface area contributed by atoms with E-state index in [9.17, 15) is 4.79 Å². The summed E-state index contributed by atoms with van der Waals surface area (Å²) in [5.41, 5.74) is 7.98. The molecule has 0 bridgehead atoms. The molecule has 0 heterocycles. The number of nitrogens with zero attached hydrogens (tertiary/aromatic N) is 1. The Bertz CT molecular complexity index is 437. The van der Waals surface area contributed by atoms with Gasteiger partial charge in [0.25, 0.3) is 5.91 Å². The number of hydrogen-bond donors (Lipinski definition) is 2. The first kappa shape index (κ1) is 23.3. The Morgan fingerprint density at radius 1 is 1.18 bits per heavy atom. The van der Waals surface area contributed by atoms with E-state index in [4.69, 9.17) is 5.73 Å². The van der Waals surface area contributed by atoms with Crippen molar-refractivity contribution in [2.45, 2.75) is 33.6 Å². The number of halogens is 2. The predicted molar refractivity (Wildman–Crippen MR) is 99.4 cm³/mol. The summed E-state index contributed by atoms with van der Waals surface area (Å²) < 4.78 is 0. The Morgan fingerprint density at radius 3 is 2.41 bits per heavy atom. The fraction of sp³-hybridized carbons (Fsp3) is 0.562. The number of nitrogens with two attached hydrogens (primary N) is 1. The number of benzene rings is 1. The Kier molecular flexibility index (Phi) is 13.3. The minimum absolute atomic E-state index is 0. The Hall–Kier alpha value is -0.970. The van der Waals surface area contributed by atoms with Crippen molar-refractivity contribution in [1.29, 1.82) is 0 Å². The van der Waals surface area contributed by atoms with Crippen LogP contribution in [0.25, 0.3) is 0 Å². The number of amides is 1. The molecule has 0 aliphatic carbocycles. The van der Waals surface area contributed by atoms with E-state index in [-0.39, 0.29) is 30.7 Å². The number of rotatable bonds is 8. The summed E-state index contributed by atoms with van der Waals surface area (Å²) in [5.74, 6) is -0.0300. The number of unbranched alkanes of at least 4 members (excludes halogenated alkanes) is 1. The number of anilines is 1. The first-order valence-corrected chi connectivity index (χ1v) is 7.45.